The lowest BCUT2D eigenvalue weighted by Gasteiger charge is -2.30. The van der Waals surface area contributed by atoms with Crippen LogP contribution in [0, 0.1) is 0 Å². The van der Waals surface area contributed by atoms with Crippen LogP contribution in [0.25, 0.3) is 0 Å². The van der Waals surface area contributed by atoms with Gasteiger partial charge in [0, 0.05) is 30.2 Å². The zero-order valence-electron chi connectivity index (χ0n) is 9.81. The average molecular weight is 238 g/mol. The van der Waals surface area contributed by atoms with Crippen LogP contribution in [0.3, 0.4) is 0 Å². The van der Waals surface area contributed by atoms with Gasteiger partial charge in [-0.1, -0.05) is 13.8 Å². The molecule has 4 nitrogen and oxygen atoms in total. The number of anilines is 2. The number of hydrogen-bond donors (Lipinski definition) is 1. The summed E-state index contributed by atoms with van der Waals surface area (Å²) < 4.78 is 0. The van der Waals surface area contributed by atoms with Crippen molar-refractivity contribution < 1.29 is 0 Å². The van der Waals surface area contributed by atoms with Crippen molar-refractivity contribution in [2.45, 2.75) is 19.8 Å². The molecule has 1 aromatic heterocycles. The number of rotatable bonds is 2. The van der Waals surface area contributed by atoms with Crippen LogP contribution < -0.4 is 10.6 Å². The van der Waals surface area contributed by atoms with Crippen molar-refractivity contribution in [1.29, 1.82) is 0 Å². The number of hydrogen-bond acceptors (Lipinski definition) is 5. The van der Waals surface area contributed by atoms with Crippen molar-refractivity contribution in [3.8, 4) is 0 Å². The van der Waals surface area contributed by atoms with Gasteiger partial charge in [-0.05, 0) is 5.92 Å². The quantitative estimate of drug-likeness (QED) is 0.850. The average Bonchev–Trinajstić information content (AvgIpc) is 2.29. The molecule has 0 unspecified atom stereocenters. The largest absolute Gasteiger partial charge is 0.383 e. The van der Waals surface area contributed by atoms with Gasteiger partial charge in [-0.3, -0.25) is 0 Å². The number of nitrogen functional groups attached to an aromatic ring is 1. The van der Waals surface area contributed by atoms with Crippen LogP contribution in [0.1, 0.15) is 25.3 Å². The number of thioether (sulfide) groups is 1. The molecule has 2 heterocycles. The second kappa shape index (κ2) is 4.91. The first-order valence-electron chi connectivity index (χ1n) is 5.63. The molecule has 1 aliphatic rings. The Morgan fingerprint density at radius 1 is 1.31 bits per heavy atom. The molecule has 16 heavy (non-hydrogen) atoms. The van der Waals surface area contributed by atoms with E-state index in [2.05, 4.69) is 28.7 Å². The monoisotopic (exact) mass is 238 g/mol. The maximum atomic E-state index is 5.95. The van der Waals surface area contributed by atoms with Crippen molar-refractivity contribution in [1.82, 2.24) is 9.97 Å². The summed E-state index contributed by atoms with van der Waals surface area (Å²) in [6, 6.07) is 0. The summed E-state index contributed by atoms with van der Waals surface area (Å²) in [5.41, 5.74) is 7.04. The predicted octanol–water partition coefficient (Wildman–Crippen LogP) is 1.74. The molecule has 2 rings (SSSR count). The summed E-state index contributed by atoms with van der Waals surface area (Å²) in [6.45, 7) is 6.39. The molecule has 0 radical (unpaired) electrons. The third kappa shape index (κ3) is 2.24. The lowest BCUT2D eigenvalue weighted by Crippen LogP contribution is -2.34. The Morgan fingerprint density at radius 3 is 2.62 bits per heavy atom. The minimum atomic E-state index is 0.366. The van der Waals surface area contributed by atoms with Crippen LogP contribution >= 0.6 is 11.8 Å². The lowest BCUT2D eigenvalue weighted by molar-refractivity contribution is 0.788. The van der Waals surface area contributed by atoms with Crippen LogP contribution in [0.4, 0.5) is 11.6 Å². The highest BCUT2D eigenvalue weighted by Gasteiger charge is 2.19. The Hall–Kier alpha value is -0.970. The molecule has 0 aromatic carbocycles. The van der Waals surface area contributed by atoms with Gasteiger partial charge in [0.15, 0.2) is 0 Å². The van der Waals surface area contributed by atoms with Gasteiger partial charge >= 0.3 is 0 Å². The standard InChI is InChI=1S/C11H18N4S/c1-8(2)9-10(12)13-7-14-11(9)15-3-5-16-6-4-15/h7-8H,3-6H2,1-2H3,(H2,12,13,14). The molecule has 0 amide bonds. The van der Waals surface area contributed by atoms with Crippen LogP contribution in [0.5, 0.6) is 0 Å². The Balaban J connectivity index is 2.34. The van der Waals surface area contributed by atoms with E-state index in [4.69, 9.17) is 5.73 Å². The first-order chi connectivity index (χ1) is 7.70. The van der Waals surface area contributed by atoms with E-state index in [1.807, 2.05) is 11.8 Å². The van der Waals surface area contributed by atoms with Gasteiger partial charge in [0.05, 0.1) is 0 Å². The van der Waals surface area contributed by atoms with Gasteiger partial charge in [-0.2, -0.15) is 11.8 Å². The smallest absolute Gasteiger partial charge is 0.137 e. The van der Waals surface area contributed by atoms with E-state index in [-0.39, 0.29) is 0 Å². The van der Waals surface area contributed by atoms with Crippen molar-refractivity contribution in [2.24, 2.45) is 0 Å². The van der Waals surface area contributed by atoms with Gasteiger partial charge in [0.1, 0.15) is 18.0 Å². The highest BCUT2D eigenvalue weighted by molar-refractivity contribution is 7.99. The first-order valence-corrected chi connectivity index (χ1v) is 6.78. The minimum Gasteiger partial charge on any atom is -0.383 e. The van der Waals surface area contributed by atoms with Gasteiger partial charge in [-0.25, -0.2) is 9.97 Å². The van der Waals surface area contributed by atoms with Crippen LogP contribution in [0.2, 0.25) is 0 Å². The van der Waals surface area contributed by atoms with Crippen molar-refractivity contribution >= 4 is 23.4 Å². The first kappa shape index (κ1) is 11.5. The summed E-state index contributed by atoms with van der Waals surface area (Å²) in [6.07, 6.45) is 1.57. The second-order valence-electron chi connectivity index (χ2n) is 4.25. The summed E-state index contributed by atoms with van der Waals surface area (Å²) in [5.74, 6) is 4.36. The Labute approximate surface area is 101 Å². The molecule has 1 saturated heterocycles. The maximum Gasteiger partial charge on any atom is 0.137 e. The molecular weight excluding hydrogens is 220 g/mol. The summed E-state index contributed by atoms with van der Waals surface area (Å²) in [5, 5.41) is 0. The predicted molar refractivity (Wildman–Crippen MR) is 70.1 cm³/mol. The Bertz CT molecular complexity index is 361. The zero-order chi connectivity index (χ0) is 11.5. The zero-order valence-corrected chi connectivity index (χ0v) is 10.6. The maximum absolute atomic E-state index is 5.95. The van der Waals surface area contributed by atoms with Crippen LogP contribution in [0.15, 0.2) is 6.33 Å². The van der Waals surface area contributed by atoms with Gasteiger partial charge in [-0.15, -0.1) is 0 Å². The van der Waals surface area contributed by atoms with E-state index in [1.54, 1.807) is 6.33 Å². The third-order valence-corrected chi connectivity index (χ3v) is 3.72. The molecule has 0 saturated carbocycles. The van der Waals surface area contributed by atoms with Gasteiger partial charge in [0.25, 0.3) is 0 Å². The number of aromatic nitrogens is 2. The highest BCUT2D eigenvalue weighted by atomic mass is 32.2. The van der Waals surface area contributed by atoms with Crippen LogP contribution in [-0.2, 0) is 0 Å². The number of nitrogens with two attached hydrogens (primary N) is 1. The summed E-state index contributed by atoms with van der Waals surface area (Å²) in [7, 11) is 0. The van der Waals surface area contributed by atoms with Gasteiger partial charge < -0.3 is 10.6 Å². The van der Waals surface area contributed by atoms with E-state index in [0.717, 1.165) is 24.5 Å². The van der Waals surface area contributed by atoms with E-state index in [9.17, 15) is 0 Å². The molecule has 0 aliphatic carbocycles. The Kier molecular flexibility index (Phi) is 3.53. The fraction of sp³-hybridized carbons (Fsp3) is 0.636. The SMILES string of the molecule is CC(C)c1c(N)ncnc1N1CCSCC1. The van der Waals surface area contributed by atoms with Crippen LogP contribution in [-0.4, -0.2) is 34.6 Å². The topological polar surface area (TPSA) is 55.0 Å². The van der Waals surface area contributed by atoms with Crippen molar-refractivity contribution in [3.05, 3.63) is 11.9 Å². The third-order valence-electron chi connectivity index (χ3n) is 2.78. The van der Waals surface area contributed by atoms with E-state index in [1.165, 1.54) is 11.5 Å². The lowest BCUT2D eigenvalue weighted by atomic mass is 10.0. The fourth-order valence-electron chi connectivity index (χ4n) is 1.98. The normalized spacial score (nSPS) is 16.8. The molecule has 0 spiro atoms. The number of nitrogens with zero attached hydrogens (tertiary/aromatic N) is 3. The molecule has 1 aliphatic heterocycles. The minimum absolute atomic E-state index is 0.366. The molecule has 1 fully saturated rings. The molecule has 1 aromatic rings. The molecule has 0 atom stereocenters. The van der Waals surface area contributed by atoms with E-state index >= 15 is 0 Å². The molecule has 5 heteroatoms. The highest BCUT2D eigenvalue weighted by Crippen LogP contribution is 2.30. The molecular formula is C11H18N4S. The molecule has 0 bridgehead atoms. The molecule has 2 N–H and O–H groups in total. The summed E-state index contributed by atoms with van der Waals surface area (Å²) >= 11 is 2.00. The second-order valence-corrected chi connectivity index (χ2v) is 5.48. The fourth-order valence-corrected chi connectivity index (χ4v) is 2.88. The Morgan fingerprint density at radius 2 is 2.00 bits per heavy atom. The van der Waals surface area contributed by atoms with Crippen molar-refractivity contribution in [3.63, 3.8) is 0 Å². The van der Waals surface area contributed by atoms with Crippen molar-refractivity contribution in [2.75, 3.05) is 35.2 Å². The van der Waals surface area contributed by atoms with Gasteiger partial charge in [0.2, 0.25) is 0 Å². The summed E-state index contributed by atoms with van der Waals surface area (Å²) in [4.78, 5) is 10.8. The van der Waals surface area contributed by atoms with E-state index < -0.39 is 0 Å². The van der Waals surface area contributed by atoms with E-state index in [0.29, 0.717) is 11.7 Å². The molecule has 88 valence electrons.